The van der Waals surface area contributed by atoms with Crippen molar-refractivity contribution in [1.29, 1.82) is 5.26 Å². The van der Waals surface area contributed by atoms with Crippen molar-refractivity contribution in [3.05, 3.63) is 71.3 Å². The fourth-order valence-corrected chi connectivity index (χ4v) is 1.98. The molecule has 2 aromatic rings. The Morgan fingerprint density at radius 2 is 1.53 bits per heavy atom. The maximum Gasteiger partial charge on any atom is 0.0994 e. The highest BCUT2D eigenvalue weighted by Gasteiger charge is 2.00. The van der Waals surface area contributed by atoms with Gasteiger partial charge in [-0.25, -0.2) is 0 Å². The smallest absolute Gasteiger partial charge is 0.0994 e. The normalized spacial score (nSPS) is 9.82. The van der Waals surface area contributed by atoms with E-state index >= 15 is 0 Å². The molecule has 2 rings (SSSR count). The van der Waals surface area contributed by atoms with Crippen LogP contribution in [-0.2, 0) is 12.8 Å². The summed E-state index contributed by atoms with van der Waals surface area (Å²) in [4.78, 5) is 0. The van der Waals surface area contributed by atoms with E-state index in [-0.39, 0.29) is 0 Å². The molecule has 0 saturated carbocycles. The molecular formula is C16H15N. The van der Waals surface area contributed by atoms with Gasteiger partial charge in [0.2, 0.25) is 0 Å². The number of nitriles is 1. The minimum Gasteiger partial charge on any atom is -0.192 e. The first-order chi connectivity index (χ1) is 8.40. The summed E-state index contributed by atoms with van der Waals surface area (Å²) in [5.74, 6) is 0. The zero-order chi connectivity index (χ0) is 11.9. The molecule has 2 aromatic carbocycles. The van der Waals surface area contributed by atoms with Gasteiger partial charge in [-0.2, -0.15) is 5.26 Å². The summed E-state index contributed by atoms with van der Waals surface area (Å²) in [6.45, 7) is 0. The predicted molar refractivity (Wildman–Crippen MR) is 69.6 cm³/mol. The van der Waals surface area contributed by atoms with E-state index in [1.807, 2.05) is 30.3 Å². The lowest BCUT2D eigenvalue weighted by Gasteiger charge is -2.04. The Morgan fingerprint density at radius 3 is 2.29 bits per heavy atom. The summed E-state index contributed by atoms with van der Waals surface area (Å²) in [6, 6.07) is 20.6. The standard InChI is InChI=1S/C16H15N/c17-13-16-11-5-4-10-15(16)12-6-9-14-7-2-1-3-8-14/h1-5,7-8,10-11H,6,9,12H2. The number of nitrogens with zero attached hydrogens (tertiary/aromatic N) is 1. The molecule has 0 heterocycles. The molecule has 17 heavy (non-hydrogen) atoms. The van der Waals surface area contributed by atoms with Crippen molar-refractivity contribution >= 4 is 0 Å². The number of hydrogen-bond acceptors (Lipinski definition) is 1. The average Bonchev–Trinajstić information content (AvgIpc) is 2.40. The Hall–Kier alpha value is -2.07. The second-order valence-electron chi connectivity index (χ2n) is 4.11. The third-order valence-electron chi connectivity index (χ3n) is 2.89. The first-order valence-corrected chi connectivity index (χ1v) is 5.92. The molecule has 0 amide bonds. The van der Waals surface area contributed by atoms with Crippen LogP contribution in [0.4, 0.5) is 0 Å². The zero-order valence-corrected chi connectivity index (χ0v) is 9.76. The third kappa shape index (κ3) is 3.19. The number of aryl methyl sites for hydroxylation is 2. The maximum atomic E-state index is 8.98. The number of hydrogen-bond donors (Lipinski definition) is 0. The van der Waals surface area contributed by atoms with Crippen LogP contribution in [0.15, 0.2) is 54.6 Å². The molecule has 0 atom stereocenters. The lowest BCUT2D eigenvalue weighted by Crippen LogP contribution is -1.92. The van der Waals surface area contributed by atoms with Crippen molar-refractivity contribution in [3.8, 4) is 6.07 Å². The molecule has 0 radical (unpaired) electrons. The minimum atomic E-state index is 0.806. The fourth-order valence-electron chi connectivity index (χ4n) is 1.98. The van der Waals surface area contributed by atoms with Gasteiger partial charge in [-0.1, -0.05) is 48.5 Å². The van der Waals surface area contributed by atoms with E-state index < -0.39 is 0 Å². The second kappa shape index (κ2) is 5.86. The van der Waals surface area contributed by atoms with Crippen LogP contribution in [0.25, 0.3) is 0 Å². The molecule has 0 saturated heterocycles. The largest absolute Gasteiger partial charge is 0.192 e. The molecule has 0 aromatic heterocycles. The van der Waals surface area contributed by atoms with Gasteiger partial charge in [0.25, 0.3) is 0 Å². The van der Waals surface area contributed by atoms with Crippen molar-refractivity contribution in [2.45, 2.75) is 19.3 Å². The van der Waals surface area contributed by atoms with Crippen LogP contribution in [0.5, 0.6) is 0 Å². The highest BCUT2D eigenvalue weighted by atomic mass is 14.2. The predicted octanol–water partition coefficient (Wildman–Crippen LogP) is 3.73. The third-order valence-corrected chi connectivity index (χ3v) is 2.89. The Bertz CT molecular complexity index is 509. The molecule has 0 aliphatic heterocycles. The summed E-state index contributed by atoms with van der Waals surface area (Å²) in [5.41, 5.74) is 3.33. The quantitative estimate of drug-likeness (QED) is 0.771. The van der Waals surface area contributed by atoms with Gasteiger partial charge >= 0.3 is 0 Å². The van der Waals surface area contributed by atoms with E-state index in [2.05, 4.69) is 30.3 Å². The van der Waals surface area contributed by atoms with Crippen LogP contribution in [0.3, 0.4) is 0 Å². The lowest BCUT2D eigenvalue weighted by atomic mass is 10.0. The maximum absolute atomic E-state index is 8.98. The number of rotatable bonds is 4. The Balaban J connectivity index is 1.93. The van der Waals surface area contributed by atoms with Gasteiger partial charge in [0.1, 0.15) is 0 Å². The monoisotopic (exact) mass is 221 g/mol. The van der Waals surface area contributed by atoms with E-state index in [0.717, 1.165) is 30.4 Å². The van der Waals surface area contributed by atoms with E-state index in [1.54, 1.807) is 0 Å². The minimum absolute atomic E-state index is 0.806. The van der Waals surface area contributed by atoms with Crippen molar-refractivity contribution in [3.63, 3.8) is 0 Å². The molecule has 0 bridgehead atoms. The van der Waals surface area contributed by atoms with E-state index in [1.165, 1.54) is 5.56 Å². The SMILES string of the molecule is N#Cc1ccccc1CCCc1ccccc1. The molecule has 0 fully saturated rings. The van der Waals surface area contributed by atoms with Gasteiger partial charge in [-0.15, -0.1) is 0 Å². The van der Waals surface area contributed by atoms with Crippen LogP contribution in [0, 0.1) is 11.3 Å². The zero-order valence-electron chi connectivity index (χ0n) is 9.76. The molecule has 0 aliphatic rings. The molecule has 0 aliphatic carbocycles. The lowest BCUT2D eigenvalue weighted by molar-refractivity contribution is 0.819. The van der Waals surface area contributed by atoms with Crippen LogP contribution in [-0.4, -0.2) is 0 Å². The molecule has 1 heteroatoms. The van der Waals surface area contributed by atoms with Crippen LogP contribution < -0.4 is 0 Å². The van der Waals surface area contributed by atoms with Crippen molar-refractivity contribution < 1.29 is 0 Å². The van der Waals surface area contributed by atoms with Crippen molar-refractivity contribution in [2.75, 3.05) is 0 Å². The summed E-state index contributed by atoms with van der Waals surface area (Å²) in [6.07, 6.45) is 3.13. The van der Waals surface area contributed by atoms with Crippen LogP contribution in [0.1, 0.15) is 23.1 Å². The Morgan fingerprint density at radius 1 is 0.824 bits per heavy atom. The summed E-state index contributed by atoms with van der Waals surface area (Å²) >= 11 is 0. The molecule has 84 valence electrons. The van der Waals surface area contributed by atoms with Gasteiger partial charge < -0.3 is 0 Å². The van der Waals surface area contributed by atoms with Crippen LogP contribution >= 0.6 is 0 Å². The summed E-state index contributed by atoms with van der Waals surface area (Å²) < 4.78 is 0. The van der Waals surface area contributed by atoms with E-state index in [9.17, 15) is 0 Å². The average molecular weight is 221 g/mol. The Kier molecular flexibility index (Phi) is 3.94. The molecule has 0 N–H and O–H groups in total. The van der Waals surface area contributed by atoms with Gasteiger partial charge in [0.05, 0.1) is 11.6 Å². The summed E-state index contributed by atoms with van der Waals surface area (Å²) in [5, 5.41) is 8.98. The molecular weight excluding hydrogens is 206 g/mol. The van der Waals surface area contributed by atoms with E-state index in [4.69, 9.17) is 5.26 Å². The van der Waals surface area contributed by atoms with Gasteiger partial charge in [-0.3, -0.25) is 0 Å². The molecule has 0 spiro atoms. The second-order valence-corrected chi connectivity index (χ2v) is 4.11. The van der Waals surface area contributed by atoms with Gasteiger partial charge in [0, 0.05) is 0 Å². The number of benzene rings is 2. The Labute approximate surface area is 102 Å². The topological polar surface area (TPSA) is 23.8 Å². The molecule has 0 unspecified atom stereocenters. The van der Waals surface area contributed by atoms with Crippen LogP contribution in [0.2, 0.25) is 0 Å². The highest BCUT2D eigenvalue weighted by Crippen LogP contribution is 2.12. The first-order valence-electron chi connectivity index (χ1n) is 5.92. The van der Waals surface area contributed by atoms with Gasteiger partial charge in [0.15, 0.2) is 0 Å². The van der Waals surface area contributed by atoms with Crippen molar-refractivity contribution in [2.24, 2.45) is 0 Å². The highest BCUT2D eigenvalue weighted by molar-refractivity contribution is 5.37. The fraction of sp³-hybridized carbons (Fsp3) is 0.188. The van der Waals surface area contributed by atoms with Gasteiger partial charge in [-0.05, 0) is 36.5 Å². The molecule has 1 nitrogen and oxygen atoms in total. The summed E-state index contributed by atoms with van der Waals surface area (Å²) in [7, 11) is 0. The first kappa shape index (κ1) is 11.4. The van der Waals surface area contributed by atoms with E-state index in [0.29, 0.717) is 0 Å². The van der Waals surface area contributed by atoms with Crippen molar-refractivity contribution in [1.82, 2.24) is 0 Å².